The van der Waals surface area contributed by atoms with Crippen LogP contribution in [-0.2, 0) is 0 Å². The number of hydrogen-bond donors (Lipinski definition) is 2. The standard InChI is InChI=1S/C12H11N5S/c1-7-2-3-8-9(6-7)18-12(15-8)17-10-4-5-14-11(13)16-10/h2-6H,1H3,(H3,13,14,15,16,17). The van der Waals surface area contributed by atoms with Gasteiger partial charge in [0.2, 0.25) is 5.95 Å². The topological polar surface area (TPSA) is 76.7 Å². The van der Waals surface area contributed by atoms with E-state index >= 15 is 0 Å². The largest absolute Gasteiger partial charge is 0.368 e. The SMILES string of the molecule is Cc1ccc2nc(Nc3ccnc(N)n3)sc2c1. The fourth-order valence-corrected chi connectivity index (χ4v) is 2.61. The van der Waals surface area contributed by atoms with Crippen LogP contribution in [0.4, 0.5) is 16.9 Å². The van der Waals surface area contributed by atoms with Crippen molar-refractivity contribution < 1.29 is 0 Å². The average molecular weight is 257 g/mol. The molecule has 0 fully saturated rings. The fourth-order valence-electron chi connectivity index (χ4n) is 1.64. The van der Waals surface area contributed by atoms with Crippen LogP contribution in [-0.4, -0.2) is 15.0 Å². The minimum atomic E-state index is 0.247. The summed E-state index contributed by atoms with van der Waals surface area (Å²) in [7, 11) is 0. The molecule has 3 N–H and O–H groups in total. The Morgan fingerprint density at radius 1 is 1.22 bits per heavy atom. The first-order valence-corrected chi connectivity index (χ1v) is 6.25. The zero-order valence-electron chi connectivity index (χ0n) is 9.71. The van der Waals surface area contributed by atoms with E-state index in [4.69, 9.17) is 5.73 Å². The Kier molecular flexibility index (Phi) is 2.56. The third-order valence-corrected chi connectivity index (χ3v) is 3.39. The van der Waals surface area contributed by atoms with Gasteiger partial charge in [-0.3, -0.25) is 0 Å². The number of hydrogen-bond acceptors (Lipinski definition) is 6. The van der Waals surface area contributed by atoms with Crippen LogP contribution >= 0.6 is 11.3 Å². The Labute approximate surface area is 108 Å². The second-order valence-electron chi connectivity index (χ2n) is 3.92. The van der Waals surface area contributed by atoms with Gasteiger partial charge in [0.15, 0.2) is 5.13 Å². The molecule has 0 unspecified atom stereocenters. The maximum atomic E-state index is 5.53. The molecule has 6 heteroatoms. The zero-order chi connectivity index (χ0) is 12.5. The summed E-state index contributed by atoms with van der Waals surface area (Å²) in [6, 6.07) is 7.94. The molecule has 3 rings (SSSR count). The molecule has 0 aliphatic heterocycles. The Hall–Kier alpha value is -2.21. The molecular weight excluding hydrogens is 246 g/mol. The highest BCUT2D eigenvalue weighted by atomic mass is 32.1. The maximum absolute atomic E-state index is 5.53. The predicted molar refractivity (Wildman–Crippen MR) is 74.1 cm³/mol. The normalized spacial score (nSPS) is 10.7. The van der Waals surface area contributed by atoms with Gasteiger partial charge in [-0.1, -0.05) is 17.4 Å². The molecular formula is C12H11N5S. The van der Waals surface area contributed by atoms with E-state index in [1.165, 1.54) is 5.56 Å². The lowest BCUT2D eigenvalue weighted by Crippen LogP contribution is -1.98. The number of nitrogens with two attached hydrogens (primary N) is 1. The number of nitrogens with one attached hydrogen (secondary N) is 1. The van der Waals surface area contributed by atoms with Crippen LogP contribution in [0.3, 0.4) is 0 Å². The van der Waals surface area contributed by atoms with Gasteiger partial charge in [0.1, 0.15) is 5.82 Å². The monoisotopic (exact) mass is 257 g/mol. The third kappa shape index (κ3) is 2.10. The van der Waals surface area contributed by atoms with Crippen LogP contribution in [0, 0.1) is 6.92 Å². The van der Waals surface area contributed by atoms with E-state index in [1.54, 1.807) is 23.6 Å². The Balaban J connectivity index is 1.95. The number of nitrogen functional groups attached to an aromatic ring is 1. The Morgan fingerprint density at radius 2 is 2.11 bits per heavy atom. The number of rotatable bonds is 2. The molecule has 0 saturated carbocycles. The van der Waals surface area contributed by atoms with Gasteiger partial charge in [0.05, 0.1) is 10.2 Å². The molecule has 3 aromatic rings. The minimum Gasteiger partial charge on any atom is -0.368 e. The molecule has 90 valence electrons. The zero-order valence-corrected chi connectivity index (χ0v) is 10.5. The number of aryl methyl sites for hydroxylation is 1. The minimum absolute atomic E-state index is 0.247. The van der Waals surface area contributed by atoms with Crippen molar-refractivity contribution in [1.29, 1.82) is 0 Å². The number of aromatic nitrogens is 3. The molecule has 0 spiro atoms. The molecule has 1 aromatic carbocycles. The average Bonchev–Trinajstić information content (AvgIpc) is 2.70. The van der Waals surface area contributed by atoms with Gasteiger partial charge >= 0.3 is 0 Å². The van der Waals surface area contributed by atoms with Crippen molar-refractivity contribution in [2.24, 2.45) is 0 Å². The molecule has 0 saturated heterocycles. The first-order valence-electron chi connectivity index (χ1n) is 5.43. The highest BCUT2D eigenvalue weighted by Crippen LogP contribution is 2.28. The van der Waals surface area contributed by atoms with Crippen LogP contribution in [0.2, 0.25) is 0 Å². The Bertz CT molecular complexity index is 707. The van der Waals surface area contributed by atoms with Gasteiger partial charge in [-0.15, -0.1) is 0 Å². The van der Waals surface area contributed by atoms with Crippen molar-refractivity contribution in [3.05, 3.63) is 36.0 Å². The van der Waals surface area contributed by atoms with E-state index in [1.807, 2.05) is 6.07 Å². The molecule has 0 atom stereocenters. The summed E-state index contributed by atoms with van der Waals surface area (Å²) in [6.45, 7) is 2.07. The number of benzene rings is 1. The molecule has 0 amide bonds. The quantitative estimate of drug-likeness (QED) is 0.738. The van der Waals surface area contributed by atoms with E-state index < -0.39 is 0 Å². The van der Waals surface area contributed by atoms with Gasteiger partial charge in [0.25, 0.3) is 0 Å². The van der Waals surface area contributed by atoms with E-state index in [0.717, 1.165) is 15.3 Å². The van der Waals surface area contributed by atoms with Crippen molar-refractivity contribution in [1.82, 2.24) is 15.0 Å². The highest BCUT2D eigenvalue weighted by Gasteiger charge is 2.05. The maximum Gasteiger partial charge on any atom is 0.221 e. The fraction of sp³-hybridized carbons (Fsp3) is 0.0833. The predicted octanol–water partition coefficient (Wildman–Crippen LogP) is 2.72. The van der Waals surface area contributed by atoms with Gasteiger partial charge in [-0.2, -0.15) is 4.98 Å². The second kappa shape index (κ2) is 4.23. The van der Waals surface area contributed by atoms with Crippen molar-refractivity contribution >= 4 is 38.5 Å². The molecule has 2 aromatic heterocycles. The van der Waals surface area contributed by atoms with Gasteiger partial charge in [0, 0.05) is 6.20 Å². The van der Waals surface area contributed by atoms with Crippen molar-refractivity contribution in [3.8, 4) is 0 Å². The molecule has 18 heavy (non-hydrogen) atoms. The molecule has 2 heterocycles. The number of fused-ring (bicyclic) bond motifs is 1. The molecule has 0 aliphatic rings. The lowest BCUT2D eigenvalue weighted by molar-refractivity contribution is 1.18. The van der Waals surface area contributed by atoms with Gasteiger partial charge < -0.3 is 11.1 Å². The van der Waals surface area contributed by atoms with Crippen LogP contribution in [0.25, 0.3) is 10.2 Å². The first kappa shape index (κ1) is 10.9. The summed E-state index contributed by atoms with van der Waals surface area (Å²) in [6.07, 6.45) is 1.61. The van der Waals surface area contributed by atoms with Crippen molar-refractivity contribution in [3.63, 3.8) is 0 Å². The summed E-state index contributed by atoms with van der Waals surface area (Å²) in [5, 5.41) is 3.93. The summed E-state index contributed by atoms with van der Waals surface area (Å²) >= 11 is 1.59. The van der Waals surface area contributed by atoms with E-state index in [0.29, 0.717) is 5.82 Å². The molecule has 0 bridgehead atoms. The first-order chi connectivity index (χ1) is 8.70. The summed E-state index contributed by atoms with van der Waals surface area (Å²) in [4.78, 5) is 12.4. The number of nitrogens with zero attached hydrogens (tertiary/aromatic N) is 3. The smallest absolute Gasteiger partial charge is 0.221 e. The van der Waals surface area contributed by atoms with Gasteiger partial charge in [-0.05, 0) is 30.7 Å². The van der Waals surface area contributed by atoms with Crippen LogP contribution in [0.1, 0.15) is 5.56 Å². The van der Waals surface area contributed by atoms with Gasteiger partial charge in [-0.25, -0.2) is 9.97 Å². The Morgan fingerprint density at radius 3 is 2.94 bits per heavy atom. The van der Waals surface area contributed by atoms with Crippen LogP contribution in [0.5, 0.6) is 0 Å². The van der Waals surface area contributed by atoms with Crippen molar-refractivity contribution in [2.45, 2.75) is 6.92 Å². The molecule has 0 radical (unpaired) electrons. The molecule has 0 aliphatic carbocycles. The van der Waals surface area contributed by atoms with E-state index in [-0.39, 0.29) is 5.95 Å². The summed E-state index contributed by atoms with van der Waals surface area (Å²) in [5.74, 6) is 0.898. The van der Waals surface area contributed by atoms with Crippen molar-refractivity contribution in [2.75, 3.05) is 11.1 Å². The van der Waals surface area contributed by atoms with E-state index in [2.05, 4.69) is 39.3 Å². The summed E-state index contributed by atoms with van der Waals surface area (Å²) < 4.78 is 1.15. The highest BCUT2D eigenvalue weighted by molar-refractivity contribution is 7.22. The number of anilines is 3. The van der Waals surface area contributed by atoms with E-state index in [9.17, 15) is 0 Å². The second-order valence-corrected chi connectivity index (χ2v) is 4.95. The lowest BCUT2D eigenvalue weighted by Gasteiger charge is -2.00. The van der Waals surface area contributed by atoms with Crippen LogP contribution < -0.4 is 11.1 Å². The lowest BCUT2D eigenvalue weighted by atomic mass is 10.2. The number of thiazole rings is 1. The summed E-state index contributed by atoms with van der Waals surface area (Å²) in [5.41, 5.74) is 7.74. The van der Waals surface area contributed by atoms with Crippen LogP contribution in [0.15, 0.2) is 30.5 Å². The molecule has 5 nitrogen and oxygen atoms in total. The third-order valence-electron chi connectivity index (χ3n) is 2.45.